The molecule has 1 aromatic carbocycles. The third kappa shape index (κ3) is 2.70. The van der Waals surface area contributed by atoms with Crippen LogP contribution in [0, 0.1) is 6.92 Å². The van der Waals surface area contributed by atoms with E-state index < -0.39 is 0 Å². The molecule has 0 unspecified atom stereocenters. The van der Waals surface area contributed by atoms with Crippen LogP contribution in [0.4, 0.5) is 0 Å². The molecule has 1 fully saturated rings. The number of carbonyl (C=O) groups is 2. The number of amides is 1. The number of aryl methyl sites for hydroxylation is 1. The van der Waals surface area contributed by atoms with Crippen LogP contribution in [0.3, 0.4) is 0 Å². The minimum Gasteiger partial charge on any atom is -0.486 e. The largest absolute Gasteiger partial charge is 0.486 e. The average molecular weight is 355 g/mol. The van der Waals surface area contributed by atoms with Crippen LogP contribution < -0.4 is 10.1 Å². The quantitative estimate of drug-likeness (QED) is 0.858. The van der Waals surface area contributed by atoms with E-state index >= 15 is 0 Å². The molecule has 1 aliphatic heterocycles. The van der Waals surface area contributed by atoms with Gasteiger partial charge < -0.3 is 14.5 Å². The zero-order valence-corrected chi connectivity index (χ0v) is 15.6. The number of ketones is 1. The summed E-state index contributed by atoms with van der Waals surface area (Å²) in [6, 6.07) is 3.64. The summed E-state index contributed by atoms with van der Waals surface area (Å²) >= 11 is 0. The fourth-order valence-corrected chi connectivity index (χ4v) is 4.35. The maximum atomic E-state index is 13.1. The first-order chi connectivity index (χ1) is 12.4. The summed E-state index contributed by atoms with van der Waals surface area (Å²) in [4.78, 5) is 25.5. The van der Waals surface area contributed by atoms with Crippen molar-refractivity contribution >= 4 is 22.7 Å². The number of ether oxygens (including phenoxy) is 1. The molecule has 0 atom stereocenters. The lowest BCUT2D eigenvalue weighted by Gasteiger charge is -2.40. The van der Waals surface area contributed by atoms with E-state index in [1.807, 2.05) is 32.9 Å². The van der Waals surface area contributed by atoms with Crippen LogP contribution in [0.1, 0.15) is 78.8 Å². The number of fused-ring (bicyclic) bond motifs is 3. The first kappa shape index (κ1) is 17.1. The van der Waals surface area contributed by atoms with Crippen molar-refractivity contribution in [1.29, 1.82) is 0 Å². The lowest BCUT2D eigenvalue weighted by atomic mass is 9.78. The Balaban J connectivity index is 1.80. The molecule has 0 bridgehead atoms. The Bertz CT molecular complexity index is 887. The van der Waals surface area contributed by atoms with E-state index in [-0.39, 0.29) is 29.1 Å². The minimum atomic E-state index is -0.342. The smallest absolute Gasteiger partial charge is 0.287 e. The molecule has 1 spiro atoms. The lowest BCUT2D eigenvalue weighted by Crippen LogP contribution is -2.43. The molecule has 5 nitrogen and oxygen atoms in total. The lowest BCUT2D eigenvalue weighted by molar-refractivity contribution is 0.0139. The van der Waals surface area contributed by atoms with E-state index in [9.17, 15) is 9.59 Å². The molecular formula is C21H25NO4. The molecule has 26 heavy (non-hydrogen) atoms. The number of carbonyl (C=O) groups excluding carboxylic acids is 2. The molecule has 1 amide bonds. The van der Waals surface area contributed by atoms with Crippen molar-refractivity contribution < 1.29 is 18.7 Å². The van der Waals surface area contributed by atoms with Gasteiger partial charge in [-0.15, -0.1) is 0 Å². The summed E-state index contributed by atoms with van der Waals surface area (Å²) in [6.45, 7) is 5.64. The Hall–Kier alpha value is -2.30. The van der Waals surface area contributed by atoms with E-state index in [0.717, 1.165) is 25.7 Å². The second-order valence-electron chi connectivity index (χ2n) is 7.94. The number of furan rings is 1. The second kappa shape index (κ2) is 6.15. The van der Waals surface area contributed by atoms with Crippen LogP contribution in [0.2, 0.25) is 0 Å². The van der Waals surface area contributed by atoms with E-state index in [1.165, 1.54) is 6.42 Å². The molecule has 1 aromatic heterocycles. The molecule has 0 radical (unpaired) electrons. The standard InChI is InChI=1S/C21H25NO4/c1-12(2)22-20(24)19-13(3)17-15(25-19)7-8-16-18(17)14(23)11-21(26-16)9-5-4-6-10-21/h7-8,12H,4-6,9-11H2,1-3H3,(H,22,24). The Labute approximate surface area is 153 Å². The van der Waals surface area contributed by atoms with Crippen molar-refractivity contribution in [2.75, 3.05) is 0 Å². The van der Waals surface area contributed by atoms with Gasteiger partial charge in [-0.3, -0.25) is 9.59 Å². The van der Waals surface area contributed by atoms with Gasteiger partial charge in [-0.25, -0.2) is 0 Å². The van der Waals surface area contributed by atoms with Gasteiger partial charge in [-0.05, 0) is 58.6 Å². The van der Waals surface area contributed by atoms with Crippen LogP contribution in [-0.2, 0) is 0 Å². The monoisotopic (exact) mass is 355 g/mol. The Morgan fingerprint density at radius 2 is 1.92 bits per heavy atom. The topological polar surface area (TPSA) is 68.5 Å². The predicted octanol–water partition coefficient (Wildman–Crippen LogP) is 4.55. The van der Waals surface area contributed by atoms with Crippen LogP contribution in [0.15, 0.2) is 16.5 Å². The molecule has 0 saturated heterocycles. The fraction of sp³-hybridized carbons (Fsp3) is 0.524. The molecule has 2 heterocycles. The summed E-state index contributed by atoms with van der Waals surface area (Å²) in [5, 5.41) is 3.56. The van der Waals surface area contributed by atoms with Crippen LogP contribution in [0.5, 0.6) is 5.75 Å². The molecule has 4 rings (SSSR count). The van der Waals surface area contributed by atoms with Crippen molar-refractivity contribution in [3.8, 4) is 5.75 Å². The van der Waals surface area contributed by atoms with Crippen molar-refractivity contribution in [3.63, 3.8) is 0 Å². The van der Waals surface area contributed by atoms with Gasteiger partial charge in [0.05, 0.1) is 12.0 Å². The molecule has 1 aliphatic carbocycles. The highest BCUT2D eigenvalue weighted by Crippen LogP contribution is 2.45. The first-order valence-electron chi connectivity index (χ1n) is 9.49. The van der Waals surface area contributed by atoms with Crippen molar-refractivity contribution in [2.45, 2.75) is 70.9 Å². The molecular weight excluding hydrogens is 330 g/mol. The van der Waals surface area contributed by atoms with Crippen molar-refractivity contribution in [2.24, 2.45) is 0 Å². The van der Waals surface area contributed by atoms with E-state index in [1.54, 1.807) is 0 Å². The van der Waals surface area contributed by atoms with Gasteiger partial charge in [0.2, 0.25) is 0 Å². The Morgan fingerprint density at radius 1 is 1.19 bits per heavy atom. The highest BCUT2D eigenvalue weighted by Gasteiger charge is 2.42. The molecule has 2 aromatic rings. The van der Waals surface area contributed by atoms with Gasteiger partial charge in [0, 0.05) is 17.0 Å². The zero-order valence-electron chi connectivity index (χ0n) is 15.6. The maximum Gasteiger partial charge on any atom is 0.287 e. The zero-order chi connectivity index (χ0) is 18.5. The van der Waals surface area contributed by atoms with E-state index in [0.29, 0.717) is 34.3 Å². The highest BCUT2D eigenvalue weighted by molar-refractivity contribution is 6.13. The third-order valence-corrected chi connectivity index (χ3v) is 5.54. The summed E-state index contributed by atoms with van der Waals surface area (Å²) in [5.74, 6) is 0.747. The van der Waals surface area contributed by atoms with Crippen molar-refractivity contribution in [1.82, 2.24) is 5.32 Å². The SMILES string of the molecule is Cc1c(C(=O)NC(C)C)oc2ccc3c(c12)C(=O)CC1(CCCCC1)O3. The fourth-order valence-electron chi connectivity index (χ4n) is 4.35. The number of rotatable bonds is 2. The number of Topliss-reactive ketones (excluding diaryl/α,β-unsaturated/α-hetero) is 1. The predicted molar refractivity (Wildman–Crippen MR) is 98.9 cm³/mol. The van der Waals surface area contributed by atoms with Crippen molar-refractivity contribution in [3.05, 3.63) is 29.0 Å². The number of hydrogen-bond acceptors (Lipinski definition) is 4. The summed E-state index contributed by atoms with van der Waals surface area (Å²) in [6.07, 6.45) is 5.70. The number of benzene rings is 1. The highest BCUT2D eigenvalue weighted by atomic mass is 16.5. The summed E-state index contributed by atoms with van der Waals surface area (Å²) in [7, 11) is 0. The third-order valence-electron chi connectivity index (χ3n) is 5.54. The molecule has 138 valence electrons. The van der Waals surface area contributed by atoms with Gasteiger partial charge in [0.15, 0.2) is 11.5 Å². The van der Waals surface area contributed by atoms with E-state index in [4.69, 9.17) is 9.15 Å². The number of nitrogens with one attached hydrogen (secondary N) is 1. The Kier molecular flexibility index (Phi) is 4.05. The van der Waals surface area contributed by atoms with Gasteiger partial charge in [-0.2, -0.15) is 0 Å². The number of hydrogen-bond donors (Lipinski definition) is 1. The normalized spacial score (nSPS) is 18.8. The Morgan fingerprint density at radius 3 is 2.62 bits per heavy atom. The molecule has 1 saturated carbocycles. The van der Waals surface area contributed by atoms with Gasteiger partial charge in [0.25, 0.3) is 5.91 Å². The molecule has 2 aliphatic rings. The van der Waals surface area contributed by atoms with Gasteiger partial charge in [0.1, 0.15) is 16.9 Å². The summed E-state index contributed by atoms with van der Waals surface area (Å²) < 4.78 is 12.2. The second-order valence-corrected chi connectivity index (χ2v) is 7.94. The van der Waals surface area contributed by atoms with Crippen LogP contribution in [-0.4, -0.2) is 23.3 Å². The average Bonchev–Trinajstić information content (AvgIpc) is 2.92. The van der Waals surface area contributed by atoms with Crippen LogP contribution in [0.25, 0.3) is 11.0 Å². The molecule has 5 heteroatoms. The maximum absolute atomic E-state index is 13.1. The first-order valence-corrected chi connectivity index (χ1v) is 9.49. The van der Waals surface area contributed by atoms with Gasteiger partial charge >= 0.3 is 0 Å². The van der Waals surface area contributed by atoms with E-state index in [2.05, 4.69) is 5.32 Å². The summed E-state index contributed by atoms with van der Waals surface area (Å²) in [5.41, 5.74) is 1.49. The van der Waals surface area contributed by atoms with Crippen LogP contribution >= 0.6 is 0 Å². The molecule has 1 N–H and O–H groups in total. The van der Waals surface area contributed by atoms with Gasteiger partial charge in [-0.1, -0.05) is 6.42 Å². The minimum absolute atomic E-state index is 0.0140.